The molecule has 37 heavy (non-hydrogen) atoms. The van der Waals surface area contributed by atoms with E-state index in [9.17, 15) is 26.7 Å². The lowest BCUT2D eigenvalue weighted by Crippen LogP contribution is -2.33. The molecule has 5 nitrogen and oxygen atoms in total. The number of ether oxygens (including phenoxy) is 2. The number of carbonyl (C=O) groups excluding carboxylic acids is 1. The summed E-state index contributed by atoms with van der Waals surface area (Å²) >= 11 is 5.36. The number of hydrogen-bond acceptors (Lipinski definition) is 4. The lowest BCUT2D eigenvalue weighted by atomic mass is 10.1. The zero-order valence-electron chi connectivity index (χ0n) is 19.5. The van der Waals surface area contributed by atoms with Gasteiger partial charge in [0, 0.05) is 5.56 Å². The van der Waals surface area contributed by atoms with E-state index in [2.05, 4.69) is 5.32 Å². The van der Waals surface area contributed by atoms with Gasteiger partial charge in [0.25, 0.3) is 5.91 Å². The Kier molecular flexibility index (Phi) is 7.44. The third-order valence-electron chi connectivity index (χ3n) is 5.74. The lowest BCUT2D eigenvalue weighted by molar-refractivity contribution is -0.123. The summed E-state index contributed by atoms with van der Waals surface area (Å²) in [7, 11) is 1.33. The van der Waals surface area contributed by atoms with E-state index in [1.165, 1.54) is 30.2 Å². The molecule has 1 amide bonds. The summed E-state index contributed by atoms with van der Waals surface area (Å²) in [5.41, 5.74) is 1.76. The Morgan fingerprint density at radius 3 is 2.22 bits per heavy atom. The molecule has 0 aromatic heterocycles. The standard InChI is InChI=1S/C26H19F5N2O3S/c1-13(15-6-4-3-5-7-15)33-25(34)17(32-26(33)37)11-14-8-9-18(35-2)16(10-14)12-36-24-22(30)20(28)19(27)21(29)23(24)31/h3-11,13H,12H2,1-2H3,(H,32,37)/b17-11-. The predicted octanol–water partition coefficient (Wildman–Crippen LogP) is 5.79. The minimum absolute atomic E-state index is 0.185. The molecule has 0 aliphatic carbocycles. The average molecular weight is 535 g/mol. The van der Waals surface area contributed by atoms with E-state index in [1.54, 1.807) is 6.07 Å². The molecule has 0 radical (unpaired) electrons. The average Bonchev–Trinajstić information content (AvgIpc) is 3.18. The first-order chi connectivity index (χ1) is 17.6. The van der Waals surface area contributed by atoms with Crippen molar-refractivity contribution in [2.75, 3.05) is 7.11 Å². The monoisotopic (exact) mass is 534 g/mol. The Bertz CT molecular complexity index is 1390. The van der Waals surface area contributed by atoms with E-state index >= 15 is 0 Å². The van der Waals surface area contributed by atoms with Gasteiger partial charge < -0.3 is 14.8 Å². The summed E-state index contributed by atoms with van der Waals surface area (Å²) in [5, 5.41) is 3.10. The molecule has 11 heteroatoms. The van der Waals surface area contributed by atoms with Gasteiger partial charge in [-0.15, -0.1) is 0 Å². The number of benzene rings is 3. The lowest BCUT2D eigenvalue weighted by Gasteiger charge is -2.23. The van der Waals surface area contributed by atoms with Gasteiger partial charge in [0.05, 0.1) is 13.2 Å². The third-order valence-corrected chi connectivity index (χ3v) is 6.03. The van der Waals surface area contributed by atoms with E-state index in [-0.39, 0.29) is 34.1 Å². The maximum atomic E-state index is 14.0. The molecular formula is C26H19F5N2O3S. The van der Waals surface area contributed by atoms with Crippen LogP contribution in [0.25, 0.3) is 6.08 Å². The van der Waals surface area contributed by atoms with Crippen LogP contribution in [0.1, 0.15) is 29.7 Å². The van der Waals surface area contributed by atoms with Gasteiger partial charge in [-0.3, -0.25) is 9.69 Å². The topological polar surface area (TPSA) is 50.8 Å². The van der Waals surface area contributed by atoms with Crippen molar-refractivity contribution in [3.63, 3.8) is 0 Å². The fourth-order valence-electron chi connectivity index (χ4n) is 3.81. The molecule has 1 aliphatic rings. The van der Waals surface area contributed by atoms with Gasteiger partial charge in [-0.1, -0.05) is 36.4 Å². The van der Waals surface area contributed by atoms with Gasteiger partial charge in [0.1, 0.15) is 18.1 Å². The third kappa shape index (κ3) is 4.99. The Labute approximate surface area is 214 Å². The largest absolute Gasteiger partial charge is 0.496 e. The summed E-state index contributed by atoms with van der Waals surface area (Å²) in [5.74, 6) is -12.2. The molecule has 192 valence electrons. The second-order valence-electron chi connectivity index (χ2n) is 8.01. The van der Waals surface area contributed by atoms with Crippen molar-refractivity contribution in [3.05, 3.63) is 100 Å². The Morgan fingerprint density at radius 1 is 0.973 bits per heavy atom. The van der Waals surface area contributed by atoms with Gasteiger partial charge in [-0.25, -0.2) is 13.2 Å². The smallest absolute Gasteiger partial charge is 0.277 e. The van der Waals surface area contributed by atoms with E-state index in [1.807, 2.05) is 37.3 Å². The van der Waals surface area contributed by atoms with Crippen molar-refractivity contribution in [1.29, 1.82) is 0 Å². The predicted molar refractivity (Wildman–Crippen MR) is 129 cm³/mol. The normalized spacial score (nSPS) is 15.2. The van der Waals surface area contributed by atoms with Crippen LogP contribution in [0, 0.1) is 29.1 Å². The minimum atomic E-state index is -2.28. The molecule has 1 saturated heterocycles. The van der Waals surface area contributed by atoms with Crippen LogP contribution in [0.3, 0.4) is 0 Å². The highest BCUT2D eigenvalue weighted by molar-refractivity contribution is 7.80. The van der Waals surface area contributed by atoms with Gasteiger partial charge >= 0.3 is 0 Å². The van der Waals surface area contributed by atoms with E-state index in [4.69, 9.17) is 21.7 Å². The van der Waals surface area contributed by atoms with Crippen LogP contribution in [-0.2, 0) is 11.4 Å². The van der Waals surface area contributed by atoms with Crippen molar-refractivity contribution in [2.24, 2.45) is 0 Å². The molecule has 3 aromatic carbocycles. The van der Waals surface area contributed by atoms with Crippen LogP contribution in [0.4, 0.5) is 22.0 Å². The van der Waals surface area contributed by atoms with Crippen molar-refractivity contribution in [3.8, 4) is 11.5 Å². The molecule has 3 aromatic rings. The molecule has 1 N–H and O–H groups in total. The number of nitrogens with one attached hydrogen (secondary N) is 1. The van der Waals surface area contributed by atoms with Crippen molar-refractivity contribution >= 4 is 29.3 Å². The van der Waals surface area contributed by atoms with E-state index in [0.29, 0.717) is 5.56 Å². The van der Waals surface area contributed by atoms with Gasteiger partial charge in [0.2, 0.25) is 29.1 Å². The molecule has 1 atom stereocenters. The van der Waals surface area contributed by atoms with Crippen molar-refractivity contribution in [1.82, 2.24) is 10.2 Å². The maximum absolute atomic E-state index is 14.0. The zero-order chi connectivity index (χ0) is 26.9. The maximum Gasteiger partial charge on any atom is 0.277 e. The molecule has 1 fully saturated rings. The van der Waals surface area contributed by atoms with Gasteiger partial charge in [-0.2, -0.15) is 8.78 Å². The number of halogens is 5. The SMILES string of the molecule is COc1ccc(/C=C2\NC(=S)N(C(C)c3ccccc3)C2=O)cc1COc1c(F)c(F)c(F)c(F)c1F. The summed E-state index contributed by atoms with van der Waals surface area (Å²) in [4.78, 5) is 14.5. The number of rotatable bonds is 7. The first kappa shape index (κ1) is 26.1. The molecule has 0 saturated carbocycles. The summed E-state index contributed by atoms with van der Waals surface area (Å²) in [6.45, 7) is 1.25. The summed E-state index contributed by atoms with van der Waals surface area (Å²) < 4.78 is 78.5. The van der Waals surface area contributed by atoms with Crippen LogP contribution in [0.2, 0.25) is 0 Å². The van der Waals surface area contributed by atoms with Gasteiger partial charge in [0.15, 0.2) is 10.9 Å². The summed E-state index contributed by atoms with van der Waals surface area (Å²) in [6.07, 6.45) is 1.51. The van der Waals surface area contributed by atoms with Crippen molar-refractivity contribution in [2.45, 2.75) is 19.6 Å². The van der Waals surface area contributed by atoms with Crippen LogP contribution in [-0.4, -0.2) is 23.0 Å². The number of carbonyl (C=O) groups is 1. The molecule has 0 spiro atoms. The summed E-state index contributed by atoms with van der Waals surface area (Å²) in [6, 6.07) is 13.6. The van der Waals surface area contributed by atoms with Crippen LogP contribution in [0.5, 0.6) is 11.5 Å². The molecule has 1 heterocycles. The number of methoxy groups -OCH3 is 1. The highest BCUT2D eigenvalue weighted by Crippen LogP contribution is 2.32. The molecule has 1 unspecified atom stereocenters. The number of amides is 1. The van der Waals surface area contributed by atoms with E-state index in [0.717, 1.165) is 5.56 Å². The van der Waals surface area contributed by atoms with E-state index < -0.39 is 41.4 Å². The Balaban J connectivity index is 1.59. The van der Waals surface area contributed by atoms with Crippen LogP contribution >= 0.6 is 12.2 Å². The van der Waals surface area contributed by atoms with Crippen LogP contribution in [0.15, 0.2) is 54.2 Å². The first-order valence-corrected chi connectivity index (χ1v) is 11.3. The van der Waals surface area contributed by atoms with Gasteiger partial charge in [-0.05, 0) is 48.5 Å². The Hall–Kier alpha value is -3.99. The Morgan fingerprint density at radius 2 is 1.59 bits per heavy atom. The number of thiocarbonyl (C=S) groups is 1. The number of nitrogens with zero attached hydrogens (tertiary/aromatic N) is 1. The van der Waals surface area contributed by atoms with Crippen LogP contribution < -0.4 is 14.8 Å². The molecular weight excluding hydrogens is 515 g/mol. The second kappa shape index (κ2) is 10.6. The second-order valence-corrected chi connectivity index (χ2v) is 8.40. The quantitative estimate of drug-likeness (QED) is 0.137. The highest BCUT2D eigenvalue weighted by atomic mass is 32.1. The first-order valence-electron chi connectivity index (χ1n) is 10.9. The van der Waals surface area contributed by atoms with Crippen molar-refractivity contribution < 1.29 is 36.2 Å². The minimum Gasteiger partial charge on any atom is -0.496 e. The molecule has 4 rings (SSSR count). The zero-order valence-corrected chi connectivity index (χ0v) is 20.3. The molecule has 1 aliphatic heterocycles. The highest BCUT2D eigenvalue weighted by Gasteiger charge is 2.35. The number of hydrogen-bond donors (Lipinski definition) is 1. The molecule has 0 bridgehead atoms. The fraction of sp³-hybridized carbons (Fsp3) is 0.154. The fourth-order valence-corrected chi connectivity index (χ4v) is 4.16.